The molecule has 0 rings (SSSR count). The van der Waals surface area contributed by atoms with Crippen molar-refractivity contribution < 1.29 is 4.74 Å². The summed E-state index contributed by atoms with van der Waals surface area (Å²) in [5, 5.41) is 0. The highest BCUT2D eigenvalue weighted by Crippen LogP contribution is 2.17. The standard InChI is InChI=1S/C17H24O/c1-7-10-14(4)15(5)12-13-16(6)18-17(9-3)11-8-2/h8-9,11-14H,2-3,5-7,10H2,1,4H3/b13-12-,17-11+. The van der Waals surface area contributed by atoms with Crippen LogP contribution in [0.4, 0.5) is 0 Å². The van der Waals surface area contributed by atoms with Gasteiger partial charge in [-0.05, 0) is 30.6 Å². The van der Waals surface area contributed by atoms with Crippen LogP contribution in [-0.4, -0.2) is 0 Å². The number of hydrogen-bond donors (Lipinski definition) is 0. The van der Waals surface area contributed by atoms with E-state index in [-0.39, 0.29) is 0 Å². The highest BCUT2D eigenvalue weighted by atomic mass is 16.5. The minimum absolute atomic E-state index is 0.488. The van der Waals surface area contributed by atoms with Crippen LogP contribution in [0, 0.1) is 5.92 Å². The Morgan fingerprint density at radius 2 is 1.89 bits per heavy atom. The van der Waals surface area contributed by atoms with Crippen molar-refractivity contribution in [3.8, 4) is 0 Å². The van der Waals surface area contributed by atoms with Crippen LogP contribution in [0.25, 0.3) is 0 Å². The highest BCUT2D eigenvalue weighted by Gasteiger charge is 2.02. The lowest BCUT2D eigenvalue weighted by Crippen LogP contribution is -1.95. The van der Waals surface area contributed by atoms with Crippen molar-refractivity contribution >= 4 is 0 Å². The first-order valence-corrected chi connectivity index (χ1v) is 6.23. The Morgan fingerprint density at radius 1 is 1.22 bits per heavy atom. The fraction of sp³-hybridized carbons (Fsp3) is 0.294. The average Bonchev–Trinajstić information content (AvgIpc) is 2.35. The molecule has 0 N–H and O–H groups in total. The fourth-order valence-electron chi connectivity index (χ4n) is 1.43. The summed E-state index contributed by atoms with van der Waals surface area (Å²) in [4.78, 5) is 0. The summed E-state index contributed by atoms with van der Waals surface area (Å²) >= 11 is 0. The van der Waals surface area contributed by atoms with Gasteiger partial charge in [-0.3, -0.25) is 0 Å². The molecule has 98 valence electrons. The smallest absolute Gasteiger partial charge is 0.126 e. The molecule has 0 aromatic heterocycles. The van der Waals surface area contributed by atoms with Gasteiger partial charge in [-0.25, -0.2) is 0 Å². The van der Waals surface area contributed by atoms with Crippen molar-refractivity contribution in [3.05, 3.63) is 73.8 Å². The molecular formula is C17H24O. The van der Waals surface area contributed by atoms with Gasteiger partial charge in [-0.2, -0.15) is 0 Å². The number of rotatable bonds is 9. The summed E-state index contributed by atoms with van der Waals surface area (Å²) in [6, 6.07) is 0. The first-order valence-electron chi connectivity index (χ1n) is 6.23. The lowest BCUT2D eigenvalue weighted by molar-refractivity contribution is 0.338. The first-order chi connectivity index (χ1) is 8.54. The topological polar surface area (TPSA) is 9.23 Å². The summed E-state index contributed by atoms with van der Waals surface area (Å²) in [6.45, 7) is 19.5. The molecule has 0 amide bonds. The normalized spacial score (nSPS) is 13.1. The largest absolute Gasteiger partial charge is 0.458 e. The average molecular weight is 244 g/mol. The van der Waals surface area contributed by atoms with Crippen molar-refractivity contribution in [1.29, 1.82) is 0 Å². The third-order valence-corrected chi connectivity index (χ3v) is 2.57. The molecule has 1 atom stereocenters. The van der Waals surface area contributed by atoms with Crippen molar-refractivity contribution in [3.63, 3.8) is 0 Å². The zero-order chi connectivity index (χ0) is 14.0. The van der Waals surface area contributed by atoms with E-state index in [1.54, 1.807) is 18.2 Å². The van der Waals surface area contributed by atoms with Gasteiger partial charge >= 0.3 is 0 Å². The molecule has 18 heavy (non-hydrogen) atoms. The molecule has 0 aliphatic rings. The van der Waals surface area contributed by atoms with Crippen molar-refractivity contribution in [1.82, 2.24) is 0 Å². The maximum atomic E-state index is 5.48. The maximum Gasteiger partial charge on any atom is 0.126 e. The van der Waals surface area contributed by atoms with E-state index in [2.05, 4.69) is 40.2 Å². The lowest BCUT2D eigenvalue weighted by Gasteiger charge is -2.10. The van der Waals surface area contributed by atoms with Gasteiger partial charge in [-0.1, -0.05) is 64.3 Å². The molecular weight excluding hydrogens is 220 g/mol. The second kappa shape index (κ2) is 9.29. The van der Waals surface area contributed by atoms with E-state index >= 15 is 0 Å². The fourth-order valence-corrected chi connectivity index (χ4v) is 1.43. The van der Waals surface area contributed by atoms with E-state index in [9.17, 15) is 0 Å². The molecule has 0 aromatic carbocycles. The second-order valence-corrected chi connectivity index (χ2v) is 4.18. The van der Waals surface area contributed by atoms with E-state index < -0.39 is 0 Å². The molecule has 1 heteroatoms. The summed E-state index contributed by atoms with van der Waals surface area (Å²) < 4.78 is 5.48. The number of allylic oxidation sites excluding steroid dienone is 6. The predicted molar refractivity (Wildman–Crippen MR) is 81.1 cm³/mol. The maximum absolute atomic E-state index is 5.48. The zero-order valence-corrected chi connectivity index (χ0v) is 11.6. The van der Waals surface area contributed by atoms with Gasteiger partial charge in [0.25, 0.3) is 0 Å². The minimum atomic E-state index is 0.488. The third-order valence-electron chi connectivity index (χ3n) is 2.57. The van der Waals surface area contributed by atoms with Gasteiger partial charge in [0.2, 0.25) is 0 Å². The Labute approximate surface area is 112 Å². The van der Waals surface area contributed by atoms with E-state index in [4.69, 9.17) is 4.74 Å². The van der Waals surface area contributed by atoms with Crippen LogP contribution in [0.2, 0.25) is 0 Å². The summed E-state index contributed by atoms with van der Waals surface area (Å²) in [6.07, 6.45) is 11.1. The summed E-state index contributed by atoms with van der Waals surface area (Å²) in [5.41, 5.74) is 1.09. The van der Waals surface area contributed by atoms with E-state index in [1.807, 2.05) is 12.2 Å². The summed E-state index contributed by atoms with van der Waals surface area (Å²) in [5.74, 6) is 1.68. The highest BCUT2D eigenvalue weighted by molar-refractivity contribution is 5.25. The molecule has 0 heterocycles. The van der Waals surface area contributed by atoms with Gasteiger partial charge in [0.15, 0.2) is 0 Å². The monoisotopic (exact) mass is 244 g/mol. The Balaban J connectivity index is 4.39. The molecule has 0 saturated carbocycles. The quantitative estimate of drug-likeness (QED) is 0.394. The van der Waals surface area contributed by atoms with Crippen LogP contribution in [0.1, 0.15) is 26.7 Å². The van der Waals surface area contributed by atoms with Crippen LogP contribution in [0.15, 0.2) is 73.8 Å². The molecule has 0 aliphatic carbocycles. The van der Waals surface area contributed by atoms with Gasteiger partial charge in [0, 0.05) is 0 Å². The van der Waals surface area contributed by atoms with Crippen molar-refractivity contribution in [2.45, 2.75) is 26.7 Å². The van der Waals surface area contributed by atoms with Gasteiger partial charge in [0.05, 0.1) is 0 Å². The van der Waals surface area contributed by atoms with Crippen molar-refractivity contribution in [2.75, 3.05) is 0 Å². The second-order valence-electron chi connectivity index (χ2n) is 4.18. The summed E-state index contributed by atoms with van der Waals surface area (Å²) in [7, 11) is 0. The molecule has 0 aliphatic heterocycles. The van der Waals surface area contributed by atoms with Gasteiger partial charge in [-0.15, -0.1) is 0 Å². The lowest BCUT2D eigenvalue weighted by atomic mass is 9.97. The van der Waals surface area contributed by atoms with Gasteiger partial charge < -0.3 is 4.74 Å². The van der Waals surface area contributed by atoms with Crippen LogP contribution in [0.5, 0.6) is 0 Å². The van der Waals surface area contributed by atoms with E-state index in [0.29, 0.717) is 17.4 Å². The molecule has 1 unspecified atom stereocenters. The Bertz CT molecular complexity index is 369. The Hall–Kier alpha value is -1.76. The molecule has 0 saturated heterocycles. The molecule has 0 bridgehead atoms. The molecule has 0 aromatic rings. The van der Waals surface area contributed by atoms with E-state index in [1.165, 1.54) is 0 Å². The number of hydrogen-bond acceptors (Lipinski definition) is 1. The van der Waals surface area contributed by atoms with Gasteiger partial charge in [0.1, 0.15) is 11.5 Å². The minimum Gasteiger partial charge on any atom is -0.458 e. The molecule has 1 nitrogen and oxygen atoms in total. The van der Waals surface area contributed by atoms with Crippen LogP contribution >= 0.6 is 0 Å². The Kier molecular flexibility index (Phi) is 8.38. The Morgan fingerprint density at radius 3 is 2.39 bits per heavy atom. The van der Waals surface area contributed by atoms with E-state index in [0.717, 1.165) is 18.4 Å². The predicted octanol–water partition coefficient (Wildman–Crippen LogP) is 5.32. The molecule has 0 radical (unpaired) electrons. The third kappa shape index (κ3) is 6.74. The molecule has 0 fully saturated rings. The number of ether oxygens (including phenoxy) is 1. The van der Waals surface area contributed by atoms with Crippen LogP contribution in [-0.2, 0) is 4.74 Å². The first kappa shape index (κ1) is 16.2. The SMILES string of the molecule is C=C/C=C(\C=C)OC(=C)/C=C\C(=C)C(C)CCC. The molecule has 0 spiro atoms. The zero-order valence-electron chi connectivity index (χ0n) is 11.6. The van der Waals surface area contributed by atoms with Crippen molar-refractivity contribution in [2.24, 2.45) is 5.92 Å². The van der Waals surface area contributed by atoms with Crippen LogP contribution < -0.4 is 0 Å². The van der Waals surface area contributed by atoms with Crippen LogP contribution in [0.3, 0.4) is 0 Å².